The normalized spacial score (nSPS) is 13.2. The van der Waals surface area contributed by atoms with Crippen molar-refractivity contribution in [1.29, 1.82) is 0 Å². The Labute approximate surface area is 196 Å². The lowest BCUT2D eigenvalue weighted by Crippen LogP contribution is -2.18. The third-order valence-electron chi connectivity index (χ3n) is 6.16. The molecule has 4 aromatic rings. The first kappa shape index (κ1) is 21.9. The fourth-order valence-corrected chi connectivity index (χ4v) is 4.28. The van der Waals surface area contributed by atoms with Crippen molar-refractivity contribution in [3.63, 3.8) is 0 Å². The van der Waals surface area contributed by atoms with Crippen LogP contribution in [0.15, 0.2) is 59.4 Å². The molecule has 1 amide bonds. The van der Waals surface area contributed by atoms with Crippen LogP contribution in [0.2, 0.25) is 0 Å². The van der Waals surface area contributed by atoms with Gasteiger partial charge in [0.15, 0.2) is 11.2 Å². The molecule has 2 aromatic carbocycles. The zero-order chi connectivity index (χ0) is 23.7. The Bertz CT molecular complexity index is 1400. The number of hydrogen-bond acceptors (Lipinski definition) is 5. The summed E-state index contributed by atoms with van der Waals surface area (Å²) in [5.74, 6) is 1.64. The monoisotopic (exact) mass is 457 g/mol. The van der Waals surface area contributed by atoms with Crippen molar-refractivity contribution in [3.8, 4) is 17.0 Å². The van der Waals surface area contributed by atoms with E-state index in [0.717, 1.165) is 46.6 Å². The van der Waals surface area contributed by atoms with Crippen LogP contribution in [0.1, 0.15) is 30.0 Å². The maximum Gasteiger partial charge on any atom is 0.229 e. The Morgan fingerprint density at radius 1 is 1.18 bits per heavy atom. The molecule has 1 fully saturated rings. The van der Waals surface area contributed by atoms with Gasteiger partial charge in [-0.1, -0.05) is 6.07 Å². The predicted molar refractivity (Wildman–Crippen MR) is 132 cm³/mol. The quantitative estimate of drug-likeness (QED) is 0.375. The highest BCUT2D eigenvalue weighted by atomic mass is 16.5. The van der Waals surface area contributed by atoms with Gasteiger partial charge in [0.2, 0.25) is 5.91 Å². The highest BCUT2D eigenvalue weighted by molar-refractivity contribution is 5.92. The van der Waals surface area contributed by atoms with Crippen molar-refractivity contribution in [2.24, 2.45) is 5.73 Å². The summed E-state index contributed by atoms with van der Waals surface area (Å²) in [6.45, 7) is 0.984. The number of nitrogens with two attached hydrogens (primary N) is 1. The lowest BCUT2D eigenvalue weighted by Gasteiger charge is -2.17. The van der Waals surface area contributed by atoms with Crippen molar-refractivity contribution in [2.75, 3.05) is 19.0 Å². The Morgan fingerprint density at radius 3 is 2.68 bits per heavy atom. The molecule has 8 heteroatoms. The van der Waals surface area contributed by atoms with Gasteiger partial charge in [-0.25, -0.2) is 0 Å². The van der Waals surface area contributed by atoms with Crippen molar-refractivity contribution < 1.29 is 9.53 Å². The minimum absolute atomic E-state index is 0.0993. The number of aromatic nitrogens is 3. The van der Waals surface area contributed by atoms with Crippen LogP contribution >= 0.6 is 0 Å². The summed E-state index contributed by atoms with van der Waals surface area (Å²) in [5, 5.41) is 10.6. The van der Waals surface area contributed by atoms with Gasteiger partial charge in [-0.15, -0.1) is 0 Å². The fourth-order valence-electron chi connectivity index (χ4n) is 4.28. The summed E-state index contributed by atoms with van der Waals surface area (Å²) < 4.78 is 7.29. The first-order valence-electron chi connectivity index (χ1n) is 11.4. The first-order chi connectivity index (χ1) is 16.6. The van der Waals surface area contributed by atoms with Crippen molar-refractivity contribution >= 4 is 22.6 Å². The highest BCUT2D eigenvalue weighted by Gasteiger charge is 2.25. The van der Waals surface area contributed by atoms with Crippen LogP contribution in [0.5, 0.6) is 5.75 Å². The molecule has 0 bridgehead atoms. The molecule has 1 aliphatic rings. The van der Waals surface area contributed by atoms with E-state index in [-0.39, 0.29) is 17.8 Å². The zero-order valence-electron chi connectivity index (χ0n) is 19.0. The van der Waals surface area contributed by atoms with Crippen molar-refractivity contribution in [1.82, 2.24) is 14.8 Å². The van der Waals surface area contributed by atoms with E-state index in [9.17, 15) is 9.59 Å². The third kappa shape index (κ3) is 4.45. The van der Waals surface area contributed by atoms with Gasteiger partial charge in [0.1, 0.15) is 5.75 Å². The molecule has 0 saturated heterocycles. The summed E-state index contributed by atoms with van der Waals surface area (Å²) in [7, 11) is 1.62. The minimum atomic E-state index is -0.176. The summed E-state index contributed by atoms with van der Waals surface area (Å²) in [5.41, 5.74) is 10.1. The van der Waals surface area contributed by atoms with Crippen LogP contribution in [0.25, 0.3) is 22.2 Å². The van der Waals surface area contributed by atoms with Crippen LogP contribution in [-0.4, -0.2) is 34.3 Å². The highest BCUT2D eigenvalue weighted by Crippen LogP contribution is 2.39. The molecular formula is C26H27N5O3. The lowest BCUT2D eigenvalue weighted by atomic mass is 10.0. The zero-order valence-corrected chi connectivity index (χ0v) is 19.0. The van der Waals surface area contributed by atoms with E-state index in [1.54, 1.807) is 19.2 Å². The topological polar surface area (TPSA) is 115 Å². The molecule has 2 aromatic heterocycles. The van der Waals surface area contributed by atoms with Crippen LogP contribution < -0.4 is 21.2 Å². The Balaban J connectivity index is 1.43. The van der Waals surface area contributed by atoms with Crippen LogP contribution in [-0.2, 0) is 17.8 Å². The van der Waals surface area contributed by atoms with Gasteiger partial charge in [0.05, 0.1) is 24.7 Å². The van der Waals surface area contributed by atoms with E-state index in [1.807, 2.05) is 47.0 Å². The average molecular weight is 458 g/mol. The van der Waals surface area contributed by atoms with E-state index >= 15 is 0 Å². The number of ether oxygens (including phenoxy) is 1. The second-order valence-corrected chi connectivity index (χ2v) is 8.62. The summed E-state index contributed by atoms with van der Waals surface area (Å²) in [6, 6.07) is 16.7. The summed E-state index contributed by atoms with van der Waals surface area (Å²) in [4.78, 5) is 25.7. The van der Waals surface area contributed by atoms with E-state index < -0.39 is 0 Å². The maximum atomic E-state index is 13.1. The van der Waals surface area contributed by atoms with E-state index in [0.29, 0.717) is 30.2 Å². The van der Waals surface area contributed by atoms with E-state index in [1.165, 1.54) is 0 Å². The number of H-pyrrole nitrogens is 1. The number of benzene rings is 2. The molecule has 0 aliphatic heterocycles. The number of aromatic amines is 1. The standard InChI is InChI=1S/C26H27N5O3/c1-34-19-7-5-18(6-8-19)23-15-24(32)20-12-16(2-9-22(20)31(23)11-10-27)13-26(33)28-25-14-21(29-30-25)17-3-4-17/h2,5-9,12,14-15,17H,3-4,10-11,13,27H2,1H3,(H2,28,29,30,33). The molecule has 0 atom stereocenters. The number of carbonyl (C=O) groups excluding carboxylic acids is 1. The molecule has 174 valence electrons. The Kier molecular flexibility index (Phi) is 5.90. The van der Waals surface area contributed by atoms with Crippen LogP contribution in [0, 0.1) is 0 Å². The number of fused-ring (bicyclic) bond motifs is 1. The van der Waals surface area contributed by atoms with Gasteiger partial charge in [0.25, 0.3) is 0 Å². The number of nitrogens with zero attached hydrogens (tertiary/aromatic N) is 2. The van der Waals surface area contributed by atoms with Gasteiger partial charge < -0.3 is 20.4 Å². The smallest absolute Gasteiger partial charge is 0.229 e. The molecule has 0 unspecified atom stereocenters. The number of amides is 1. The molecule has 0 radical (unpaired) electrons. The fraction of sp³-hybridized carbons (Fsp3) is 0.269. The Hall–Kier alpha value is -3.91. The van der Waals surface area contributed by atoms with Crippen LogP contribution in [0.3, 0.4) is 0 Å². The molecule has 1 saturated carbocycles. The molecule has 2 heterocycles. The second-order valence-electron chi connectivity index (χ2n) is 8.62. The van der Waals surface area contributed by atoms with E-state index in [4.69, 9.17) is 10.5 Å². The molecule has 5 rings (SSSR count). The molecule has 34 heavy (non-hydrogen) atoms. The maximum absolute atomic E-state index is 13.1. The summed E-state index contributed by atoms with van der Waals surface area (Å²) in [6.07, 6.45) is 2.47. The van der Waals surface area contributed by atoms with Gasteiger partial charge in [-0.3, -0.25) is 14.7 Å². The number of rotatable bonds is 8. The number of nitrogens with one attached hydrogen (secondary N) is 2. The average Bonchev–Trinajstić information content (AvgIpc) is 3.60. The Morgan fingerprint density at radius 2 is 1.97 bits per heavy atom. The minimum Gasteiger partial charge on any atom is -0.497 e. The van der Waals surface area contributed by atoms with Crippen LogP contribution in [0.4, 0.5) is 5.82 Å². The molecule has 4 N–H and O–H groups in total. The summed E-state index contributed by atoms with van der Waals surface area (Å²) >= 11 is 0. The van der Waals surface area contributed by atoms with Gasteiger partial charge in [0, 0.05) is 42.2 Å². The third-order valence-corrected chi connectivity index (χ3v) is 6.16. The number of pyridine rings is 1. The largest absolute Gasteiger partial charge is 0.497 e. The molecule has 8 nitrogen and oxygen atoms in total. The predicted octanol–water partition coefficient (Wildman–Crippen LogP) is 3.42. The molecular weight excluding hydrogens is 430 g/mol. The number of anilines is 1. The van der Waals surface area contributed by atoms with Gasteiger partial charge >= 0.3 is 0 Å². The molecule has 0 spiro atoms. The van der Waals surface area contributed by atoms with E-state index in [2.05, 4.69) is 15.5 Å². The number of methoxy groups -OCH3 is 1. The lowest BCUT2D eigenvalue weighted by molar-refractivity contribution is -0.115. The van der Waals surface area contributed by atoms with Gasteiger partial charge in [-0.05, 0) is 60.4 Å². The first-order valence-corrected chi connectivity index (χ1v) is 11.4. The number of carbonyl (C=O) groups is 1. The van der Waals surface area contributed by atoms with Gasteiger partial charge in [-0.2, -0.15) is 5.10 Å². The van der Waals surface area contributed by atoms with Crippen molar-refractivity contribution in [2.45, 2.75) is 31.7 Å². The molecule has 1 aliphatic carbocycles. The second kappa shape index (κ2) is 9.15. The van der Waals surface area contributed by atoms with Crippen molar-refractivity contribution in [3.05, 3.63) is 76.1 Å². The number of hydrogen-bond donors (Lipinski definition) is 3. The SMILES string of the molecule is COc1ccc(-c2cc(=O)c3cc(CC(=O)Nc4cc(C5CC5)[nH]n4)ccc3n2CCN)cc1.